The van der Waals surface area contributed by atoms with Crippen molar-refractivity contribution in [1.29, 1.82) is 0 Å². The third-order valence-electron chi connectivity index (χ3n) is 2.91. The quantitative estimate of drug-likeness (QED) is 0.877. The van der Waals surface area contributed by atoms with E-state index in [9.17, 15) is 9.18 Å². The molecule has 0 unspecified atom stereocenters. The molecule has 0 fully saturated rings. The van der Waals surface area contributed by atoms with Crippen LogP contribution in [0.1, 0.15) is 31.4 Å². The zero-order chi connectivity index (χ0) is 13.9. The number of aliphatic carboxylic acids is 1. The van der Waals surface area contributed by atoms with Crippen LogP contribution in [0.25, 0.3) is 0 Å². The van der Waals surface area contributed by atoms with Gasteiger partial charge in [0.15, 0.2) is 0 Å². The van der Waals surface area contributed by atoms with Crippen LogP contribution in [0.5, 0.6) is 0 Å². The first-order valence-electron chi connectivity index (χ1n) is 5.88. The lowest BCUT2D eigenvalue weighted by Crippen LogP contribution is -2.22. The fourth-order valence-electron chi connectivity index (χ4n) is 1.92. The molecular weight excluding hydrogens is 233 g/mol. The van der Waals surface area contributed by atoms with Crippen LogP contribution in [-0.2, 0) is 16.8 Å². The molecule has 100 valence electrons. The summed E-state index contributed by atoms with van der Waals surface area (Å²) in [6.45, 7) is 4.15. The van der Waals surface area contributed by atoms with Gasteiger partial charge in [0.05, 0.1) is 6.42 Å². The average Bonchev–Trinajstić information content (AvgIpc) is 2.18. The molecule has 0 heterocycles. The van der Waals surface area contributed by atoms with E-state index in [1.165, 1.54) is 6.07 Å². The molecule has 1 aromatic carbocycles. The maximum atomic E-state index is 13.9. The first-order chi connectivity index (χ1) is 8.22. The summed E-state index contributed by atoms with van der Waals surface area (Å²) in [7, 11) is 3.75. The summed E-state index contributed by atoms with van der Waals surface area (Å²) in [5, 5.41) is 8.85. The lowest BCUT2D eigenvalue weighted by Gasteiger charge is -2.24. The molecule has 0 spiro atoms. The fraction of sp³-hybridized carbons (Fsp3) is 0.500. The molecule has 0 saturated heterocycles. The number of nitrogens with zero attached hydrogens (tertiary/aromatic N) is 1. The highest BCUT2D eigenvalue weighted by Crippen LogP contribution is 2.28. The highest BCUT2D eigenvalue weighted by atomic mass is 19.1. The third kappa shape index (κ3) is 3.81. The Morgan fingerprint density at radius 1 is 1.39 bits per heavy atom. The largest absolute Gasteiger partial charge is 0.481 e. The molecule has 0 atom stereocenters. The van der Waals surface area contributed by atoms with Crippen molar-refractivity contribution >= 4 is 5.97 Å². The molecule has 0 radical (unpaired) electrons. The van der Waals surface area contributed by atoms with Crippen LogP contribution in [0.2, 0.25) is 0 Å². The topological polar surface area (TPSA) is 40.5 Å². The second-order valence-electron chi connectivity index (χ2n) is 5.50. The molecule has 0 aliphatic heterocycles. The summed E-state index contributed by atoms with van der Waals surface area (Å²) < 4.78 is 13.9. The van der Waals surface area contributed by atoms with Crippen molar-refractivity contribution in [3.63, 3.8) is 0 Å². The number of hydrogen-bond donors (Lipinski definition) is 1. The normalized spacial score (nSPS) is 11.9. The van der Waals surface area contributed by atoms with Crippen molar-refractivity contribution in [2.24, 2.45) is 0 Å². The van der Waals surface area contributed by atoms with E-state index < -0.39 is 11.4 Å². The smallest absolute Gasteiger partial charge is 0.304 e. The van der Waals surface area contributed by atoms with Gasteiger partial charge < -0.3 is 10.0 Å². The maximum Gasteiger partial charge on any atom is 0.304 e. The molecule has 0 aliphatic rings. The fourth-order valence-corrected chi connectivity index (χ4v) is 1.92. The Kier molecular flexibility index (Phi) is 4.46. The van der Waals surface area contributed by atoms with Gasteiger partial charge in [0.1, 0.15) is 5.82 Å². The summed E-state index contributed by atoms with van der Waals surface area (Å²) in [4.78, 5) is 12.7. The molecule has 1 N–H and O–H groups in total. The number of benzene rings is 1. The van der Waals surface area contributed by atoms with Crippen LogP contribution in [-0.4, -0.2) is 30.1 Å². The van der Waals surface area contributed by atoms with E-state index in [2.05, 4.69) is 0 Å². The molecule has 0 saturated carbocycles. The molecular formula is C14H20FNO2. The first-order valence-corrected chi connectivity index (χ1v) is 5.88. The zero-order valence-electron chi connectivity index (χ0n) is 11.3. The van der Waals surface area contributed by atoms with Gasteiger partial charge >= 0.3 is 5.97 Å². The van der Waals surface area contributed by atoms with Gasteiger partial charge in [0.25, 0.3) is 0 Å². The molecule has 0 amide bonds. The minimum Gasteiger partial charge on any atom is -0.481 e. The number of carboxylic acids is 1. The summed E-state index contributed by atoms with van der Waals surface area (Å²) >= 11 is 0. The molecule has 1 aromatic rings. The predicted molar refractivity (Wildman–Crippen MR) is 69.1 cm³/mol. The van der Waals surface area contributed by atoms with Crippen LogP contribution in [0.4, 0.5) is 4.39 Å². The number of rotatable bonds is 5. The van der Waals surface area contributed by atoms with E-state index in [4.69, 9.17) is 5.11 Å². The molecule has 0 aliphatic carbocycles. The van der Waals surface area contributed by atoms with Crippen LogP contribution in [0.3, 0.4) is 0 Å². The Balaban J connectivity index is 2.99. The van der Waals surface area contributed by atoms with E-state index in [-0.39, 0.29) is 12.2 Å². The molecule has 18 heavy (non-hydrogen) atoms. The van der Waals surface area contributed by atoms with Crippen molar-refractivity contribution in [3.05, 3.63) is 35.1 Å². The monoisotopic (exact) mass is 253 g/mol. The van der Waals surface area contributed by atoms with Crippen molar-refractivity contribution in [3.8, 4) is 0 Å². The lowest BCUT2D eigenvalue weighted by atomic mass is 9.81. The van der Waals surface area contributed by atoms with E-state index in [0.29, 0.717) is 17.7 Å². The Labute approximate surface area is 107 Å². The SMILES string of the molecule is CN(C)Cc1ccc(C(C)(C)CC(=O)O)cc1F. The van der Waals surface area contributed by atoms with Gasteiger partial charge in [0, 0.05) is 17.5 Å². The minimum absolute atomic E-state index is 0.0144. The maximum absolute atomic E-state index is 13.9. The van der Waals surface area contributed by atoms with E-state index in [0.717, 1.165) is 0 Å². The Hall–Kier alpha value is -1.42. The highest BCUT2D eigenvalue weighted by Gasteiger charge is 2.25. The van der Waals surface area contributed by atoms with Crippen molar-refractivity contribution in [2.75, 3.05) is 14.1 Å². The molecule has 1 rings (SSSR count). The van der Waals surface area contributed by atoms with E-state index in [1.807, 2.05) is 38.9 Å². The highest BCUT2D eigenvalue weighted by molar-refractivity contribution is 5.68. The lowest BCUT2D eigenvalue weighted by molar-refractivity contribution is -0.138. The van der Waals surface area contributed by atoms with Gasteiger partial charge in [-0.3, -0.25) is 4.79 Å². The Bertz CT molecular complexity index is 441. The van der Waals surface area contributed by atoms with Crippen molar-refractivity contribution in [2.45, 2.75) is 32.2 Å². The standard InChI is InChI=1S/C14H20FNO2/c1-14(2,8-13(17)18)11-6-5-10(9-16(3)4)12(15)7-11/h5-7H,8-9H2,1-4H3,(H,17,18). The van der Waals surface area contributed by atoms with Gasteiger partial charge in [-0.25, -0.2) is 4.39 Å². The molecule has 0 aromatic heterocycles. The van der Waals surface area contributed by atoms with E-state index >= 15 is 0 Å². The average molecular weight is 253 g/mol. The second-order valence-corrected chi connectivity index (χ2v) is 5.50. The summed E-state index contributed by atoms with van der Waals surface area (Å²) in [6, 6.07) is 4.99. The summed E-state index contributed by atoms with van der Waals surface area (Å²) in [5.74, 6) is -1.16. The summed E-state index contributed by atoms with van der Waals surface area (Å²) in [6.07, 6.45) is -0.0144. The van der Waals surface area contributed by atoms with Crippen molar-refractivity contribution < 1.29 is 14.3 Å². The number of halogens is 1. The van der Waals surface area contributed by atoms with Crippen LogP contribution < -0.4 is 0 Å². The van der Waals surface area contributed by atoms with Gasteiger partial charge in [-0.1, -0.05) is 26.0 Å². The predicted octanol–water partition coefficient (Wildman–Crippen LogP) is 2.64. The van der Waals surface area contributed by atoms with Crippen molar-refractivity contribution in [1.82, 2.24) is 4.90 Å². The van der Waals surface area contributed by atoms with Gasteiger partial charge in [0.2, 0.25) is 0 Å². The number of hydrogen-bond acceptors (Lipinski definition) is 2. The Morgan fingerprint density at radius 3 is 2.44 bits per heavy atom. The molecule has 4 heteroatoms. The van der Waals surface area contributed by atoms with Crippen LogP contribution >= 0.6 is 0 Å². The Morgan fingerprint density at radius 2 is 2.00 bits per heavy atom. The van der Waals surface area contributed by atoms with Gasteiger partial charge in [-0.15, -0.1) is 0 Å². The molecule has 3 nitrogen and oxygen atoms in total. The molecule has 0 bridgehead atoms. The number of carbonyl (C=O) groups is 1. The van der Waals surface area contributed by atoms with Gasteiger partial charge in [-0.05, 0) is 25.7 Å². The van der Waals surface area contributed by atoms with Crippen LogP contribution in [0, 0.1) is 5.82 Å². The van der Waals surface area contributed by atoms with E-state index in [1.54, 1.807) is 6.07 Å². The zero-order valence-corrected chi connectivity index (χ0v) is 11.3. The number of carboxylic acid groups (broad SMARTS) is 1. The summed E-state index contributed by atoms with van der Waals surface area (Å²) in [5.41, 5.74) is 0.767. The van der Waals surface area contributed by atoms with Gasteiger partial charge in [-0.2, -0.15) is 0 Å². The third-order valence-corrected chi connectivity index (χ3v) is 2.91. The van der Waals surface area contributed by atoms with Crippen LogP contribution in [0.15, 0.2) is 18.2 Å². The first kappa shape index (κ1) is 14.6. The minimum atomic E-state index is -0.877. The second kappa shape index (κ2) is 5.48.